The second-order valence-electron chi connectivity index (χ2n) is 7.78. The zero-order chi connectivity index (χ0) is 23.2. The number of carbonyl (C=O) groups excluding carboxylic acids is 1. The Hall–Kier alpha value is -2.95. The number of sulfonamides is 1. The number of hydrogen-bond acceptors (Lipinski definition) is 8. The normalized spacial score (nSPS) is 19.0. The van der Waals surface area contributed by atoms with Gasteiger partial charge in [-0.1, -0.05) is 29.8 Å². The van der Waals surface area contributed by atoms with Crippen molar-refractivity contribution in [2.45, 2.75) is 26.1 Å². The van der Waals surface area contributed by atoms with Gasteiger partial charge in [-0.05, 0) is 13.8 Å². The highest BCUT2D eigenvalue weighted by Crippen LogP contribution is 2.40. The third kappa shape index (κ3) is 3.85. The monoisotopic (exact) mass is 460 g/mol. The van der Waals surface area contributed by atoms with Crippen LogP contribution >= 0.6 is 0 Å². The Labute approximate surface area is 185 Å². The van der Waals surface area contributed by atoms with E-state index in [1.807, 2.05) is 31.2 Å². The van der Waals surface area contributed by atoms with Crippen LogP contribution in [0.15, 0.2) is 34.7 Å². The van der Waals surface area contributed by atoms with Gasteiger partial charge in [0.15, 0.2) is 11.3 Å². The molecule has 1 aromatic carbocycles. The minimum Gasteiger partial charge on any atom is -0.465 e. The Balaban J connectivity index is 2.01. The topological polar surface area (TPSA) is 119 Å². The Morgan fingerprint density at radius 2 is 2.00 bits per heavy atom. The number of fused-ring (bicyclic) bond motifs is 2. The first-order valence-corrected chi connectivity index (χ1v) is 11.9. The first-order valence-electron chi connectivity index (χ1n) is 10.0. The summed E-state index contributed by atoms with van der Waals surface area (Å²) in [5.41, 5.74) is 2.94. The number of aromatic nitrogens is 1. The maximum absolute atomic E-state index is 12.7. The largest absolute Gasteiger partial charge is 0.465 e. The quantitative estimate of drug-likeness (QED) is 0.591. The number of carbonyl (C=O) groups is 1. The number of ether oxygens (including phenoxy) is 2. The fourth-order valence-corrected chi connectivity index (χ4v) is 4.76. The first-order chi connectivity index (χ1) is 15.1. The molecule has 1 aliphatic rings. The lowest BCUT2D eigenvalue weighted by molar-refractivity contribution is -0.0242. The lowest BCUT2D eigenvalue weighted by Crippen LogP contribution is -2.38. The number of methoxy groups -OCH3 is 1. The molecular weight excluding hydrogens is 436 g/mol. The van der Waals surface area contributed by atoms with Gasteiger partial charge in [0.05, 0.1) is 44.0 Å². The molecule has 0 spiro atoms. The fourth-order valence-electron chi connectivity index (χ4n) is 3.82. The number of aliphatic hydroxyl groups excluding tert-OH is 1. The summed E-state index contributed by atoms with van der Waals surface area (Å²) < 4.78 is 43.1. The van der Waals surface area contributed by atoms with Gasteiger partial charge < -0.3 is 19.0 Å². The summed E-state index contributed by atoms with van der Waals surface area (Å²) in [5, 5.41) is 9.63. The Bertz CT molecular complexity index is 1280. The summed E-state index contributed by atoms with van der Waals surface area (Å²) in [6.07, 6.45) is -0.296. The maximum atomic E-state index is 12.7. The van der Waals surface area contributed by atoms with E-state index in [9.17, 15) is 18.3 Å². The maximum Gasteiger partial charge on any atom is 0.344 e. The molecule has 2 atom stereocenters. The van der Waals surface area contributed by atoms with Gasteiger partial charge in [0.2, 0.25) is 10.0 Å². The molecule has 10 heteroatoms. The molecule has 3 aromatic rings. The molecule has 3 heterocycles. The Morgan fingerprint density at radius 3 is 2.59 bits per heavy atom. The van der Waals surface area contributed by atoms with Crippen LogP contribution in [0.3, 0.4) is 0 Å². The van der Waals surface area contributed by atoms with Gasteiger partial charge in [0.25, 0.3) is 0 Å². The molecule has 2 aromatic heterocycles. The number of hydrogen-bond donors (Lipinski definition) is 1. The van der Waals surface area contributed by atoms with Gasteiger partial charge >= 0.3 is 5.97 Å². The van der Waals surface area contributed by atoms with Crippen molar-refractivity contribution in [3.05, 3.63) is 47.2 Å². The number of furan rings is 1. The van der Waals surface area contributed by atoms with Crippen molar-refractivity contribution in [3.63, 3.8) is 0 Å². The lowest BCUT2D eigenvalue weighted by atomic mass is 10.1. The van der Waals surface area contributed by atoms with Gasteiger partial charge in [0, 0.05) is 11.6 Å². The van der Waals surface area contributed by atoms with Crippen molar-refractivity contribution in [3.8, 4) is 11.3 Å². The van der Waals surface area contributed by atoms with Gasteiger partial charge in [-0.15, -0.1) is 0 Å². The van der Waals surface area contributed by atoms with E-state index < -0.39 is 28.2 Å². The molecule has 170 valence electrons. The van der Waals surface area contributed by atoms with E-state index in [-0.39, 0.29) is 41.3 Å². The van der Waals surface area contributed by atoms with Crippen LogP contribution in [0.5, 0.6) is 0 Å². The second-order valence-corrected chi connectivity index (χ2v) is 9.69. The minimum absolute atomic E-state index is 0.0742. The summed E-state index contributed by atoms with van der Waals surface area (Å²) in [7, 11) is -2.44. The molecule has 0 radical (unpaired) electrons. The van der Waals surface area contributed by atoms with Crippen LogP contribution in [0.1, 0.15) is 34.6 Å². The third-order valence-corrected chi connectivity index (χ3v) is 6.55. The number of pyridine rings is 1. The van der Waals surface area contributed by atoms with E-state index in [2.05, 4.69) is 4.98 Å². The number of aryl methyl sites for hydroxylation is 1. The molecule has 32 heavy (non-hydrogen) atoms. The van der Waals surface area contributed by atoms with Crippen molar-refractivity contribution in [1.29, 1.82) is 0 Å². The molecule has 9 nitrogen and oxygen atoms in total. The second kappa shape index (κ2) is 8.19. The van der Waals surface area contributed by atoms with Crippen molar-refractivity contribution in [2.75, 3.05) is 30.8 Å². The minimum atomic E-state index is -3.71. The van der Waals surface area contributed by atoms with Crippen LogP contribution in [-0.2, 0) is 19.5 Å². The number of anilines is 1. The fraction of sp³-hybridized carbons (Fsp3) is 0.364. The van der Waals surface area contributed by atoms with E-state index in [4.69, 9.17) is 13.9 Å². The van der Waals surface area contributed by atoms with Gasteiger partial charge in [-0.25, -0.2) is 18.2 Å². The number of nitrogens with zero attached hydrogens (tertiary/aromatic N) is 2. The summed E-state index contributed by atoms with van der Waals surface area (Å²) in [4.78, 5) is 17.3. The zero-order valence-corrected chi connectivity index (χ0v) is 19.0. The summed E-state index contributed by atoms with van der Waals surface area (Å²) in [5.74, 6) is -0.339. The average molecular weight is 461 g/mol. The van der Waals surface area contributed by atoms with E-state index in [0.29, 0.717) is 11.3 Å². The molecule has 0 unspecified atom stereocenters. The van der Waals surface area contributed by atoms with Crippen molar-refractivity contribution in [1.82, 2.24) is 4.98 Å². The average Bonchev–Trinajstić information content (AvgIpc) is 3.05. The van der Waals surface area contributed by atoms with Crippen LogP contribution in [0.4, 0.5) is 5.69 Å². The lowest BCUT2D eigenvalue weighted by Gasteiger charge is -2.23. The molecule has 0 aliphatic carbocycles. The number of benzene rings is 1. The summed E-state index contributed by atoms with van der Waals surface area (Å²) in [6.45, 7) is 3.23. The van der Waals surface area contributed by atoms with Gasteiger partial charge in [-0.2, -0.15) is 0 Å². The Morgan fingerprint density at radius 1 is 1.31 bits per heavy atom. The van der Waals surface area contributed by atoms with Crippen molar-refractivity contribution < 1.29 is 32.2 Å². The molecule has 1 N–H and O–H groups in total. The smallest absolute Gasteiger partial charge is 0.344 e. The molecule has 0 fully saturated rings. The molecular formula is C22H24N2O7S. The Kier molecular flexibility index (Phi) is 5.70. The predicted octanol–water partition coefficient (Wildman–Crippen LogP) is 2.81. The zero-order valence-electron chi connectivity index (χ0n) is 18.2. The first kappa shape index (κ1) is 22.3. The van der Waals surface area contributed by atoms with E-state index in [0.717, 1.165) is 16.1 Å². The van der Waals surface area contributed by atoms with Crippen LogP contribution in [0.2, 0.25) is 0 Å². The van der Waals surface area contributed by atoms with Gasteiger partial charge in [-0.3, -0.25) is 4.31 Å². The molecule has 0 bridgehead atoms. The molecule has 4 rings (SSSR count). The highest BCUT2D eigenvalue weighted by molar-refractivity contribution is 7.92. The van der Waals surface area contributed by atoms with Gasteiger partial charge in [0.1, 0.15) is 17.2 Å². The van der Waals surface area contributed by atoms with E-state index in [1.165, 1.54) is 7.11 Å². The summed E-state index contributed by atoms with van der Waals surface area (Å²) in [6, 6.07) is 8.98. The predicted molar refractivity (Wildman–Crippen MR) is 118 cm³/mol. The molecule has 0 amide bonds. The standard InChI is InChI=1S/C22H24N2O7S/c1-12-5-7-14(8-6-12)21-18(22(26)29-3)20-17(31-21)9-16-19(23-20)13(2)30-15(11-25)10-24(16)32(4,27)28/h5-9,13,15,25H,10-11H2,1-4H3/t13-,15-/m0/s1. The van der Waals surface area contributed by atoms with Crippen LogP contribution < -0.4 is 4.31 Å². The van der Waals surface area contributed by atoms with E-state index in [1.54, 1.807) is 13.0 Å². The highest BCUT2D eigenvalue weighted by atomic mass is 32.2. The van der Waals surface area contributed by atoms with Crippen LogP contribution in [0, 0.1) is 6.92 Å². The van der Waals surface area contributed by atoms with Crippen LogP contribution in [0.25, 0.3) is 22.4 Å². The number of esters is 1. The summed E-state index contributed by atoms with van der Waals surface area (Å²) >= 11 is 0. The molecule has 1 aliphatic heterocycles. The number of aliphatic hydroxyl groups is 1. The van der Waals surface area contributed by atoms with Crippen LogP contribution in [-0.4, -0.2) is 57.1 Å². The van der Waals surface area contributed by atoms with Crippen molar-refractivity contribution in [2.24, 2.45) is 0 Å². The van der Waals surface area contributed by atoms with Crippen molar-refractivity contribution >= 4 is 32.8 Å². The van der Waals surface area contributed by atoms with E-state index >= 15 is 0 Å². The SMILES string of the molecule is COC(=O)c1c(-c2ccc(C)cc2)oc2cc3c(nc12)[C@H](C)O[C@H](CO)CN3S(C)(=O)=O. The number of rotatable bonds is 4. The molecule has 0 saturated carbocycles. The third-order valence-electron chi connectivity index (χ3n) is 5.40. The molecule has 0 saturated heterocycles. The highest BCUT2D eigenvalue weighted by Gasteiger charge is 2.34.